The van der Waals surface area contributed by atoms with Gasteiger partial charge in [0.25, 0.3) is 0 Å². The molecule has 1 heterocycles. The fourth-order valence-corrected chi connectivity index (χ4v) is 2.33. The third-order valence-electron chi connectivity index (χ3n) is 3.63. The number of para-hydroxylation sites is 2. The van der Waals surface area contributed by atoms with Crippen LogP contribution in [0.1, 0.15) is 22.5 Å². The van der Waals surface area contributed by atoms with Crippen molar-refractivity contribution in [2.75, 3.05) is 0 Å². The zero-order valence-corrected chi connectivity index (χ0v) is 11.9. The smallest absolute Gasteiger partial charge is 0.121 e. The number of nitrogens with one attached hydrogen (secondary N) is 2. The maximum absolute atomic E-state index is 4.56. The van der Waals surface area contributed by atoms with E-state index in [0.717, 1.165) is 29.9 Å². The molecule has 3 aromatic rings. The standard InChI is InChI=1S/C17H19N3/c1-12-7-8-14(9-13(12)2)10-18-11-17-19-15-5-3-4-6-16(15)20-17/h3-9,18H,10-11H2,1-2H3,(H,19,20). The highest BCUT2D eigenvalue weighted by molar-refractivity contribution is 5.74. The van der Waals surface area contributed by atoms with E-state index in [4.69, 9.17) is 0 Å². The van der Waals surface area contributed by atoms with E-state index >= 15 is 0 Å². The summed E-state index contributed by atoms with van der Waals surface area (Å²) in [5.41, 5.74) is 6.11. The Morgan fingerprint density at radius 1 is 1.00 bits per heavy atom. The van der Waals surface area contributed by atoms with Crippen LogP contribution >= 0.6 is 0 Å². The molecule has 0 aliphatic carbocycles. The summed E-state index contributed by atoms with van der Waals surface area (Å²) in [4.78, 5) is 7.89. The van der Waals surface area contributed by atoms with Gasteiger partial charge in [0, 0.05) is 6.54 Å². The van der Waals surface area contributed by atoms with E-state index in [9.17, 15) is 0 Å². The van der Waals surface area contributed by atoms with Gasteiger partial charge in [0.1, 0.15) is 5.82 Å². The van der Waals surface area contributed by atoms with Gasteiger partial charge >= 0.3 is 0 Å². The molecule has 0 fully saturated rings. The van der Waals surface area contributed by atoms with Crippen molar-refractivity contribution in [3.63, 3.8) is 0 Å². The van der Waals surface area contributed by atoms with E-state index < -0.39 is 0 Å². The second kappa shape index (κ2) is 5.47. The molecule has 0 bridgehead atoms. The molecule has 0 spiro atoms. The van der Waals surface area contributed by atoms with E-state index in [1.807, 2.05) is 18.2 Å². The van der Waals surface area contributed by atoms with E-state index in [2.05, 4.69) is 53.4 Å². The maximum Gasteiger partial charge on any atom is 0.121 e. The van der Waals surface area contributed by atoms with Crippen LogP contribution in [0.4, 0.5) is 0 Å². The third kappa shape index (κ3) is 2.73. The summed E-state index contributed by atoms with van der Waals surface area (Å²) in [5.74, 6) is 0.982. The molecular formula is C17H19N3. The first-order chi connectivity index (χ1) is 9.72. The molecule has 0 radical (unpaired) electrons. The highest BCUT2D eigenvalue weighted by atomic mass is 15.0. The minimum absolute atomic E-state index is 0.752. The molecule has 0 unspecified atom stereocenters. The normalized spacial score (nSPS) is 11.1. The lowest BCUT2D eigenvalue weighted by Crippen LogP contribution is -2.13. The lowest BCUT2D eigenvalue weighted by molar-refractivity contribution is 0.670. The first-order valence-electron chi connectivity index (χ1n) is 6.93. The average molecular weight is 265 g/mol. The topological polar surface area (TPSA) is 40.7 Å². The number of imidazole rings is 1. The molecule has 0 amide bonds. The average Bonchev–Trinajstić information content (AvgIpc) is 2.85. The SMILES string of the molecule is Cc1ccc(CNCc2nc3ccccc3[nH]2)cc1C. The zero-order chi connectivity index (χ0) is 13.9. The predicted molar refractivity (Wildman–Crippen MR) is 82.6 cm³/mol. The van der Waals surface area contributed by atoms with E-state index in [1.165, 1.54) is 16.7 Å². The minimum Gasteiger partial charge on any atom is -0.341 e. The molecule has 102 valence electrons. The van der Waals surface area contributed by atoms with Crippen LogP contribution in [0.25, 0.3) is 11.0 Å². The number of fused-ring (bicyclic) bond motifs is 1. The van der Waals surface area contributed by atoms with Crippen molar-refractivity contribution in [3.05, 3.63) is 65.0 Å². The molecule has 0 atom stereocenters. The van der Waals surface area contributed by atoms with Gasteiger partial charge in [-0.05, 0) is 42.7 Å². The Balaban J connectivity index is 1.63. The quantitative estimate of drug-likeness (QED) is 0.758. The second-order valence-corrected chi connectivity index (χ2v) is 5.22. The Bertz CT molecular complexity index is 695. The highest BCUT2D eigenvalue weighted by Gasteiger charge is 2.02. The zero-order valence-electron chi connectivity index (χ0n) is 11.9. The number of hydrogen-bond acceptors (Lipinski definition) is 2. The van der Waals surface area contributed by atoms with Crippen molar-refractivity contribution in [3.8, 4) is 0 Å². The molecule has 0 aliphatic heterocycles. The Labute approximate surface area is 119 Å². The van der Waals surface area contributed by atoms with Gasteiger partial charge in [-0.1, -0.05) is 30.3 Å². The minimum atomic E-state index is 0.752. The number of H-pyrrole nitrogens is 1. The maximum atomic E-state index is 4.56. The summed E-state index contributed by atoms with van der Waals surface area (Å²) < 4.78 is 0. The molecule has 0 saturated carbocycles. The number of benzene rings is 2. The van der Waals surface area contributed by atoms with Gasteiger partial charge in [0.15, 0.2) is 0 Å². The van der Waals surface area contributed by atoms with Crippen molar-refractivity contribution in [2.24, 2.45) is 0 Å². The fraction of sp³-hybridized carbons (Fsp3) is 0.235. The van der Waals surface area contributed by atoms with Crippen molar-refractivity contribution >= 4 is 11.0 Å². The Morgan fingerprint density at radius 3 is 2.65 bits per heavy atom. The summed E-state index contributed by atoms with van der Waals surface area (Å²) in [5, 5.41) is 3.43. The van der Waals surface area contributed by atoms with Crippen LogP contribution in [0, 0.1) is 13.8 Å². The fourth-order valence-electron chi connectivity index (χ4n) is 2.33. The largest absolute Gasteiger partial charge is 0.341 e. The van der Waals surface area contributed by atoms with Gasteiger partial charge in [-0.15, -0.1) is 0 Å². The van der Waals surface area contributed by atoms with E-state index in [0.29, 0.717) is 0 Å². The summed E-state index contributed by atoms with van der Waals surface area (Å²) in [6.45, 7) is 5.90. The van der Waals surface area contributed by atoms with Crippen molar-refractivity contribution in [1.82, 2.24) is 15.3 Å². The molecule has 2 aromatic carbocycles. The van der Waals surface area contributed by atoms with E-state index in [-0.39, 0.29) is 0 Å². The molecule has 3 nitrogen and oxygen atoms in total. The number of hydrogen-bond donors (Lipinski definition) is 2. The molecule has 0 saturated heterocycles. The van der Waals surface area contributed by atoms with Crippen LogP contribution in [0.2, 0.25) is 0 Å². The summed E-state index contributed by atoms with van der Waals surface area (Å²) >= 11 is 0. The number of aromatic amines is 1. The van der Waals surface area contributed by atoms with Gasteiger partial charge in [-0.25, -0.2) is 4.98 Å². The molecule has 2 N–H and O–H groups in total. The Hall–Kier alpha value is -2.13. The van der Waals surface area contributed by atoms with Crippen LogP contribution in [-0.4, -0.2) is 9.97 Å². The Kier molecular flexibility index (Phi) is 3.52. The molecule has 20 heavy (non-hydrogen) atoms. The molecular weight excluding hydrogens is 246 g/mol. The number of aryl methyl sites for hydroxylation is 2. The van der Waals surface area contributed by atoms with Crippen LogP contribution < -0.4 is 5.32 Å². The predicted octanol–water partition coefficient (Wildman–Crippen LogP) is 3.47. The summed E-state index contributed by atoms with van der Waals surface area (Å²) in [7, 11) is 0. The first kappa shape index (κ1) is 12.9. The third-order valence-corrected chi connectivity index (χ3v) is 3.63. The lowest BCUT2D eigenvalue weighted by Gasteiger charge is -2.06. The van der Waals surface area contributed by atoms with Crippen LogP contribution in [0.5, 0.6) is 0 Å². The number of aromatic nitrogens is 2. The van der Waals surface area contributed by atoms with E-state index in [1.54, 1.807) is 0 Å². The summed E-state index contributed by atoms with van der Waals surface area (Å²) in [6, 6.07) is 14.7. The van der Waals surface area contributed by atoms with Gasteiger partial charge in [0.2, 0.25) is 0 Å². The van der Waals surface area contributed by atoms with Crippen LogP contribution in [-0.2, 0) is 13.1 Å². The van der Waals surface area contributed by atoms with Gasteiger partial charge in [0.05, 0.1) is 17.6 Å². The number of rotatable bonds is 4. The lowest BCUT2D eigenvalue weighted by atomic mass is 10.1. The van der Waals surface area contributed by atoms with Crippen LogP contribution in [0.15, 0.2) is 42.5 Å². The highest BCUT2D eigenvalue weighted by Crippen LogP contribution is 2.11. The van der Waals surface area contributed by atoms with Crippen molar-refractivity contribution in [1.29, 1.82) is 0 Å². The van der Waals surface area contributed by atoms with Gasteiger partial charge in [-0.3, -0.25) is 0 Å². The molecule has 3 heteroatoms. The van der Waals surface area contributed by atoms with Crippen molar-refractivity contribution < 1.29 is 0 Å². The van der Waals surface area contributed by atoms with Gasteiger partial charge < -0.3 is 10.3 Å². The van der Waals surface area contributed by atoms with Gasteiger partial charge in [-0.2, -0.15) is 0 Å². The molecule has 1 aromatic heterocycles. The number of nitrogens with zero attached hydrogens (tertiary/aromatic N) is 1. The van der Waals surface area contributed by atoms with Crippen LogP contribution in [0.3, 0.4) is 0 Å². The first-order valence-corrected chi connectivity index (χ1v) is 6.93. The molecule has 3 rings (SSSR count). The summed E-state index contributed by atoms with van der Waals surface area (Å²) in [6.07, 6.45) is 0. The second-order valence-electron chi connectivity index (χ2n) is 5.22. The Morgan fingerprint density at radius 2 is 1.85 bits per heavy atom. The van der Waals surface area contributed by atoms with Crippen molar-refractivity contribution in [2.45, 2.75) is 26.9 Å². The molecule has 0 aliphatic rings. The monoisotopic (exact) mass is 265 g/mol.